The minimum absolute atomic E-state index is 0.0231. The summed E-state index contributed by atoms with van der Waals surface area (Å²) in [6, 6.07) is 11.9. The number of rotatable bonds is 6. The van der Waals surface area contributed by atoms with Crippen molar-refractivity contribution in [3.63, 3.8) is 0 Å². The van der Waals surface area contributed by atoms with E-state index >= 15 is 0 Å². The van der Waals surface area contributed by atoms with Crippen LogP contribution >= 0.6 is 22.7 Å². The number of aromatic nitrogens is 3. The quantitative estimate of drug-likeness (QED) is 0.246. The highest BCUT2D eigenvalue weighted by Crippen LogP contribution is 2.44. The Hall–Kier alpha value is -4.03. The second-order valence-electron chi connectivity index (χ2n) is 7.78. The fourth-order valence-corrected chi connectivity index (χ4v) is 5.59. The SMILES string of the molecule is Cc1ccc(-c2cc(C(F)F)nc3sc(C(N)=O)c(NC(=O)c4cc(-c5ccc(F)cc5)n[nH]4)c23)s1. The first-order valence-corrected chi connectivity index (χ1v) is 12.1. The number of H-pyrrole nitrogens is 1. The molecule has 0 aliphatic carbocycles. The van der Waals surface area contributed by atoms with E-state index < -0.39 is 29.8 Å². The van der Waals surface area contributed by atoms with Gasteiger partial charge in [-0.05, 0) is 55.5 Å². The van der Waals surface area contributed by atoms with Crippen molar-refractivity contribution in [1.29, 1.82) is 0 Å². The van der Waals surface area contributed by atoms with Gasteiger partial charge >= 0.3 is 0 Å². The van der Waals surface area contributed by atoms with Gasteiger partial charge < -0.3 is 11.1 Å². The smallest absolute Gasteiger partial charge is 0.280 e. The number of benzene rings is 1. The van der Waals surface area contributed by atoms with Crippen LogP contribution in [0.3, 0.4) is 0 Å². The molecule has 0 aliphatic heterocycles. The summed E-state index contributed by atoms with van der Waals surface area (Å²) in [6.45, 7) is 1.88. The molecule has 7 nitrogen and oxygen atoms in total. The molecule has 0 unspecified atom stereocenters. The molecule has 182 valence electrons. The highest BCUT2D eigenvalue weighted by molar-refractivity contribution is 7.21. The van der Waals surface area contributed by atoms with Crippen LogP contribution in [0.5, 0.6) is 0 Å². The average Bonchev–Trinajstić information content (AvgIpc) is 3.58. The Morgan fingerprint density at radius 2 is 1.83 bits per heavy atom. The van der Waals surface area contributed by atoms with Gasteiger partial charge in [0.15, 0.2) is 0 Å². The molecule has 12 heteroatoms. The van der Waals surface area contributed by atoms with Crippen molar-refractivity contribution in [3.05, 3.63) is 75.5 Å². The van der Waals surface area contributed by atoms with Crippen molar-refractivity contribution < 1.29 is 22.8 Å². The van der Waals surface area contributed by atoms with Crippen molar-refractivity contribution in [2.75, 3.05) is 5.32 Å². The second-order valence-corrected chi connectivity index (χ2v) is 10.1. The topological polar surface area (TPSA) is 114 Å². The van der Waals surface area contributed by atoms with Gasteiger partial charge in [-0.15, -0.1) is 22.7 Å². The number of carbonyl (C=O) groups excluding carboxylic acids is 2. The van der Waals surface area contributed by atoms with E-state index in [1.807, 2.05) is 13.0 Å². The molecule has 1 aromatic carbocycles. The summed E-state index contributed by atoms with van der Waals surface area (Å²) in [5, 5.41) is 9.74. The molecule has 0 saturated heterocycles. The highest BCUT2D eigenvalue weighted by Gasteiger charge is 2.26. The molecule has 0 atom stereocenters. The minimum Gasteiger partial charge on any atom is -0.365 e. The van der Waals surface area contributed by atoms with Gasteiger partial charge in [0.2, 0.25) is 0 Å². The summed E-state index contributed by atoms with van der Waals surface area (Å²) >= 11 is 2.21. The number of carbonyl (C=O) groups is 2. The van der Waals surface area contributed by atoms with E-state index in [0.717, 1.165) is 16.2 Å². The number of hydrogen-bond donors (Lipinski definition) is 3. The first-order chi connectivity index (χ1) is 17.2. The van der Waals surface area contributed by atoms with E-state index in [-0.39, 0.29) is 21.1 Å². The third kappa shape index (κ3) is 4.36. The second kappa shape index (κ2) is 9.21. The number of halogens is 3. The molecule has 0 fully saturated rings. The van der Waals surface area contributed by atoms with Crippen LogP contribution in [0.1, 0.15) is 37.2 Å². The van der Waals surface area contributed by atoms with Crippen molar-refractivity contribution in [1.82, 2.24) is 15.2 Å². The molecular formula is C24H16F3N5O2S2. The van der Waals surface area contributed by atoms with Crippen molar-refractivity contribution >= 4 is 50.4 Å². The lowest BCUT2D eigenvalue weighted by Crippen LogP contribution is -2.17. The molecule has 0 aliphatic rings. The van der Waals surface area contributed by atoms with Gasteiger partial charge in [0.05, 0.1) is 11.4 Å². The molecule has 0 saturated carbocycles. The lowest BCUT2D eigenvalue weighted by molar-refractivity contribution is 0.100. The Kier molecular flexibility index (Phi) is 6.06. The number of anilines is 1. The standard InChI is InChI=1S/C24H16F3N5O2S2/c1-10-2-7-17(35-10)13-8-15(21(26)27)29-24-18(13)19(20(36-24)22(28)33)30-23(34)16-9-14(31-32-16)11-3-5-12(25)6-4-11/h2-9,21H,1H3,(H2,28,33)(H,30,34)(H,31,32). The molecule has 0 spiro atoms. The number of primary amides is 1. The molecule has 36 heavy (non-hydrogen) atoms. The van der Waals surface area contributed by atoms with E-state index in [4.69, 9.17) is 5.73 Å². The number of amides is 2. The van der Waals surface area contributed by atoms with E-state index in [2.05, 4.69) is 20.5 Å². The van der Waals surface area contributed by atoms with E-state index in [0.29, 0.717) is 27.1 Å². The molecular weight excluding hydrogens is 511 g/mol. The molecule has 4 aromatic heterocycles. The molecule has 5 rings (SSSR count). The van der Waals surface area contributed by atoms with Gasteiger partial charge in [0.25, 0.3) is 18.2 Å². The van der Waals surface area contributed by atoms with Crippen molar-refractivity contribution in [2.24, 2.45) is 5.73 Å². The molecule has 4 N–H and O–H groups in total. The van der Waals surface area contributed by atoms with E-state index in [1.165, 1.54) is 47.7 Å². The Morgan fingerprint density at radius 1 is 1.08 bits per heavy atom. The summed E-state index contributed by atoms with van der Waals surface area (Å²) in [7, 11) is 0. The molecule has 5 aromatic rings. The predicted octanol–water partition coefficient (Wildman–Crippen LogP) is 6.15. The first-order valence-electron chi connectivity index (χ1n) is 10.5. The number of aryl methyl sites for hydroxylation is 1. The summed E-state index contributed by atoms with van der Waals surface area (Å²) in [6.07, 6.45) is -2.83. The third-order valence-electron chi connectivity index (χ3n) is 5.34. The van der Waals surface area contributed by atoms with Crippen LogP contribution in [-0.2, 0) is 0 Å². The molecule has 0 bridgehead atoms. The Morgan fingerprint density at radius 3 is 2.47 bits per heavy atom. The third-order valence-corrected chi connectivity index (χ3v) is 7.47. The van der Waals surface area contributed by atoms with Gasteiger partial charge in [-0.25, -0.2) is 18.2 Å². The van der Waals surface area contributed by atoms with Crippen LogP contribution in [0.4, 0.5) is 18.9 Å². The number of hydrogen-bond acceptors (Lipinski definition) is 6. The fraction of sp³-hybridized carbons (Fsp3) is 0.0833. The van der Waals surface area contributed by atoms with Crippen LogP contribution in [0, 0.1) is 12.7 Å². The van der Waals surface area contributed by atoms with Crippen LogP contribution < -0.4 is 11.1 Å². The fourth-order valence-electron chi connectivity index (χ4n) is 3.68. The number of pyridine rings is 1. The normalized spacial score (nSPS) is 11.4. The van der Waals surface area contributed by atoms with Gasteiger partial charge in [-0.1, -0.05) is 0 Å². The number of nitrogens with two attached hydrogens (primary N) is 1. The Bertz CT molecular complexity index is 1620. The Balaban J connectivity index is 1.61. The molecule has 4 heterocycles. The summed E-state index contributed by atoms with van der Waals surface area (Å²) in [5.74, 6) is -1.88. The predicted molar refractivity (Wildman–Crippen MR) is 133 cm³/mol. The Labute approximate surface area is 209 Å². The van der Waals surface area contributed by atoms with Crippen LogP contribution in [0.2, 0.25) is 0 Å². The van der Waals surface area contributed by atoms with Crippen LogP contribution in [0.25, 0.3) is 31.9 Å². The minimum atomic E-state index is -2.83. The summed E-state index contributed by atoms with van der Waals surface area (Å²) in [5.41, 5.74) is 6.67. The maximum absolute atomic E-state index is 13.6. The lowest BCUT2D eigenvalue weighted by Gasteiger charge is -2.09. The zero-order valence-electron chi connectivity index (χ0n) is 18.4. The molecule has 0 radical (unpaired) electrons. The average molecular weight is 528 g/mol. The van der Waals surface area contributed by atoms with Crippen LogP contribution in [-0.4, -0.2) is 27.0 Å². The van der Waals surface area contributed by atoms with Crippen LogP contribution in [0.15, 0.2) is 48.5 Å². The maximum Gasteiger partial charge on any atom is 0.280 e. The van der Waals surface area contributed by atoms with Crippen molar-refractivity contribution in [3.8, 4) is 21.7 Å². The van der Waals surface area contributed by atoms with Gasteiger partial charge in [-0.3, -0.25) is 14.7 Å². The summed E-state index contributed by atoms with van der Waals surface area (Å²) < 4.78 is 40.4. The van der Waals surface area contributed by atoms with Crippen molar-refractivity contribution in [2.45, 2.75) is 13.3 Å². The van der Waals surface area contributed by atoms with Gasteiger partial charge in [0, 0.05) is 26.3 Å². The van der Waals surface area contributed by atoms with Gasteiger partial charge in [-0.2, -0.15) is 5.10 Å². The lowest BCUT2D eigenvalue weighted by atomic mass is 10.1. The molecule has 2 amide bonds. The zero-order chi connectivity index (χ0) is 25.6. The number of alkyl halides is 2. The number of thiophene rings is 2. The van der Waals surface area contributed by atoms with Gasteiger partial charge in [0.1, 0.15) is 26.9 Å². The number of aromatic amines is 1. The maximum atomic E-state index is 13.6. The highest BCUT2D eigenvalue weighted by atomic mass is 32.1. The summed E-state index contributed by atoms with van der Waals surface area (Å²) in [4.78, 5) is 31.2. The zero-order valence-corrected chi connectivity index (χ0v) is 20.1. The largest absolute Gasteiger partial charge is 0.365 e. The number of nitrogens with zero attached hydrogens (tertiary/aromatic N) is 2. The van der Waals surface area contributed by atoms with E-state index in [9.17, 15) is 22.8 Å². The number of nitrogens with one attached hydrogen (secondary N) is 2. The van der Waals surface area contributed by atoms with E-state index in [1.54, 1.807) is 6.07 Å². The monoisotopic (exact) mass is 527 g/mol. The first kappa shape index (κ1) is 23.7. The number of fused-ring (bicyclic) bond motifs is 1.